The van der Waals surface area contributed by atoms with Gasteiger partial charge in [-0.1, -0.05) is 41.7 Å². The average Bonchev–Trinajstić information content (AvgIpc) is 3.03. The Morgan fingerprint density at radius 2 is 1.70 bits per heavy atom. The van der Waals surface area contributed by atoms with Crippen LogP contribution in [0.3, 0.4) is 0 Å². The van der Waals surface area contributed by atoms with Gasteiger partial charge in [0.1, 0.15) is 4.88 Å². The Balaban J connectivity index is 1.86. The summed E-state index contributed by atoms with van der Waals surface area (Å²) in [6, 6.07) is 14.3. The minimum absolute atomic E-state index is 0.268. The molecule has 0 radical (unpaired) electrons. The number of carbonyl (C=O) groups excluding carboxylic acids is 1. The molecule has 4 nitrogen and oxygen atoms in total. The minimum atomic E-state index is -4.55. The van der Waals surface area contributed by atoms with E-state index in [4.69, 9.17) is 0 Å². The standard InChI is InChI=1S/C19H16F3N3OS/c1-12-16(27-18(23-12)25(2)13-8-4-3-5-9-13)17(26)24-15-11-7-6-10-14(15)19(20,21)22/h3-11H,1-2H3,(H,24,26). The number of anilines is 3. The first-order valence-electron chi connectivity index (χ1n) is 8.01. The lowest BCUT2D eigenvalue weighted by Gasteiger charge is -2.15. The zero-order valence-corrected chi connectivity index (χ0v) is 15.4. The number of aromatic nitrogens is 1. The summed E-state index contributed by atoms with van der Waals surface area (Å²) < 4.78 is 39.3. The molecule has 1 amide bonds. The molecule has 3 rings (SSSR count). The fourth-order valence-corrected chi connectivity index (χ4v) is 3.46. The van der Waals surface area contributed by atoms with Crippen LogP contribution in [0, 0.1) is 6.92 Å². The molecular formula is C19H16F3N3OS. The lowest BCUT2D eigenvalue weighted by molar-refractivity contribution is -0.136. The van der Waals surface area contributed by atoms with E-state index in [1.54, 1.807) is 6.92 Å². The van der Waals surface area contributed by atoms with Gasteiger partial charge >= 0.3 is 6.18 Å². The molecule has 0 spiro atoms. The Hall–Kier alpha value is -2.87. The van der Waals surface area contributed by atoms with Gasteiger partial charge in [0.2, 0.25) is 0 Å². The van der Waals surface area contributed by atoms with Crippen LogP contribution < -0.4 is 10.2 Å². The summed E-state index contributed by atoms with van der Waals surface area (Å²) in [7, 11) is 1.81. The quantitative estimate of drug-likeness (QED) is 0.640. The maximum atomic E-state index is 13.1. The van der Waals surface area contributed by atoms with E-state index >= 15 is 0 Å². The summed E-state index contributed by atoms with van der Waals surface area (Å²) in [4.78, 5) is 19.0. The predicted molar refractivity (Wildman–Crippen MR) is 101 cm³/mol. The number of alkyl halides is 3. The molecule has 0 aliphatic rings. The lowest BCUT2D eigenvalue weighted by atomic mass is 10.1. The van der Waals surface area contributed by atoms with Crippen molar-refractivity contribution in [3.05, 3.63) is 70.7 Å². The first-order chi connectivity index (χ1) is 12.8. The Morgan fingerprint density at radius 3 is 2.37 bits per heavy atom. The number of amides is 1. The molecule has 0 fully saturated rings. The summed E-state index contributed by atoms with van der Waals surface area (Å²) in [6.45, 7) is 1.66. The van der Waals surface area contributed by atoms with Gasteiger partial charge in [0.25, 0.3) is 5.91 Å². The van der Waals surface area contributed by atoms with Crippen molar-refractivity contribution in [2.75, 3.05) is 17.3 Å². The normalized spacial score (nSPS) is 11.3. The zero-order valence-electron chi connectivity index (χ0n) is 14.5. The Labute approximate surface area is 158 Å². The van der Waals surface area contributed by atoms with Crippen molar-refractivity contribution in [3.8, 4) is 0 Å². The van der Waals surface area contributed by atoms with Gasteiger partial charge in [-0.2, -0.15) is 13.2 Å². The van der Waals surface area contributed by atoms with Crippen molar-refractivity contribution in [2.24, 2.45) is 0 Å². The van der Waals surface area contributed by atoms with Crippen molar-refractivity contribution in [3.63, 3.8) is 0 Å². The minimum Gasteiger partial charge on any atom is -0.321 e. The van der Waals surface area contributed by atoms with Crippen molar-refractivity contribution in [2.45, 2.75) is 13.1 Å². The summed E-state index contributed by atoms with van der Waals surface area (Å²) >= 11 is 1.12. The van der Waals surface area contributed by atoms with Gasteiger partial charge in [-0.15, -0.1) is 0 Å². The molecular weight excluding hydrogens is 375 g/mol. The van der Waals surface area contributed by atoms with E-state index in [1.807, 2.05) is 42.3 Å². The van der Waals surface area contributed by atoms with Gasteiger partial charge in [0.15, 0.2) is 5.13 Å². The molecule has 1 N–H and O–H groups in total. The Kier molecular flexibility index (Phi) is 5.18. The Morgan fingerprint density at radius 1 is 1.07 bits per heavy atom. The van der Waals surface area contributed by atoms with Gasteiger partial charge in [-0.25, -0.2) is 4.98 Å². The maximum absolute atomic E-state index is 13.1. The third kappa shape index (κ3) is 4.11. The van der Waals surface area contributed by atoms with Gasteiger partial charge in [-0.3, -0.25) is 4.79 Å². The number of halogens is 3. The van der Waals surface area contributed by atoms with Gasteiger partial charge < -0.3 is 10.2 Å². The van der Waals surface area contributed by atoms with Crippen LogP contribution in [0.25, 0.3) is 0 Å². The predicted octanol–water partition coefficient (Wildman–Crippen LogP) is 5.49. The van der Waals surface area contributed by atoms with Gasteiger partial charge in [0.05, 0.1) is 16.9 Å². The zero-order chi connectivity index (χ0) is 19.6. The second-order valence-electron chi connectivity index (χ2n) is 5.80. The van der Waals surface area contributed by atoms with Crippen LogP contribution in [0.15, 0.2) is 54.6 Å². The number of para-hydroxylation sites is 2. The number of nitrogens with zero attached hydrogens (tertiary/aromatic N) is 2. The van der Waals surface area contributed by atoms with Crippen LogP contribution in [-0.4, -0.2) is 17.9 Å². The van der Waals surface area contributed by atoms with E-state index in [-0.39, 0.29) is 10.6 Å². The summed E-state index contributed by atoms with van der Waals surface area (Å²) in [5.74, 6) is -0.616. The van der Waals surface area contributed by atoms with Crippen LogP contribution >= 0.6 is 11.3 Å². The first kappa shape index (κ1) is 18.9. The van der Waals surface area contributed by atoms with Gasteiger partial charge in [0, 0.05) is 12.7 Å². The number of nitrogens with one attached hydrogen (secondary N) is 1. The molecule has 27 heavy (non-hydrogen) atoms. The van der Waals surface area contributed by atoms with E-state index in [0.717, 1.165) is 23.1 Å². The first-order valence-corrected chi connectivity index (χ1v) is 8.83. The molecule has 3 aromatic rings. The molecule has 2 aromatic carbocycles. The van der Waals surface area contributed by atoms with Crippen LogP contribution in [0.4, 0.5) is 29.7 Å². The number of thiazole rings is 1. The molecule has 8 heteroatoms. The number of benzene rings is 2. The highest BCUT2D eigenvalue weighted by Crippen LogP contribution is 2.35. The summed E-state index contributed by atoms with van der Waals surface area (Å²) in [5.41, 5.74) is 0.184. The highest BCUT2D eigenvalue weighted by Gasteiger charge is 2.34. The second-order valence-corrected chi connectivity index (χ2v) is 6.78. The van der Waals surface area contributed by atoms with Crippen molar-refractivity contribution in [1.29, 1.82) is 0 Å². The Bertz CT molecular complexity index is 954. The van der Waals surface area contributed by atoms with E-state index in [1.165, 1.54) is 18.2 Å². The highest BCUT2D eigenvalue weighted by molar-refractivity contribution is 7.17. The molecule has 0 aliphatic heterocycles. The molecule has 1 heterocycles. The number of hydrogen-bond acceptors (Lipinski definition) is 4. The number of carbonyl (C=O) groups is 1. The van der Waals surface area contributed by atoms with Crippen molar-refractivity contribution in [1.82, 2.24) is 4.98 Å². The van der Waals surface area contributed by atoms with Crippen LogP contribution in [0.5, 0.6) is 0 Å². The number of rotatable bonds is 4. The maximum Gasteiger partial charge on any atom is 0.418 e. The number of hydrogen-bond donors (Lipinski definition) is 1. The molecule has 0 atom stereocenters. The molecule has 0 saturated heterocycles. The fraction of sp³-hybridized carbons (Fsp3) is 0.158. The highest BCUT2D eigenvalue weighted by atomic mass is 32.1. The molecule has 0 unspecified atom stereocenters. The SMILES string of the molecule is Cc1nc(N(C)c2ccccc2)sc1C(=O)Nc1ccccc1C(F)(F)F. The fourth-order valence-electron chi connectivity index (χ4n) is 2.52. The van der Waals surface area contributed by atoms with E-state index in [2.05, 4.69) is 10.3 Å². The molecule has 0 bridgehead atoms. The van der Waals surface area contributed by atoms with Crippen molar-refractivity contribution < 1.29 is 18.0 Å². The molecule has 0 aliphatic carbocycles. The molecule has 1 aromatic heterocycles. The average molecular weight is 391 g/mol. The van der Waals surface area contributed by atoms with E-state index in [9.17, 15) is 18.0 Å². The summed E-state index contributed by atoms with van der Waals surface area (Å²) in [5, 5.41) is 2.94. The topological polar surface area (TPSA) is 45.2 Å². The second kappa shape index (κ2) is 7.40. The summed E-state index contributed by atoms with van der Waals surface area (Å²) in [6.07, 6.45) is -4.55. The van der Waals surface area contributed by atoms with Crippen molar-refractivity contribution >= 4 is 33.8 Å². The monoisotopic (exact) mass is 391 g/mol. The third-order valence-electron chi connectivity index (χ3n) is 3.90. The lowest BCUT2D eigenvalue weighted by Crippen LogP contribution is -2.16. The smallest absolute Gasteiger partial charge is 0.321 e. The van der Waals surface area contributed by atoms with Crippen LogP contribution in [-0.2, 0) is 6.18 Å². The van der Waals surface area contributed by atoms with E-state index in [0.29, 0.717) is 10.8 Å². The van der Waals surface area contributed by atoms with Crippen LogP contribution in [0.2, 0.25) is 0 Å². The van der Waals surface area contributed by atoms with Gasteiger partial charge in [-0.05, 0) is 31.2 Å². The largest absolute Gasteiger partial charge is 0.418 e. The molecule has 0 saturated carbocycles. The van der Waals surface area contributed by atoms with Crippen LogP contribution in [0.1, 0.15) is 20.9 Å². The number of aryl methyl sites for hydroxylation is 1. The molecule has 140 valence electrons. The third-order valence-corrected chi connectivity index (χ3v) is 5.14. The van der Waals surface area contributed by atoms with E-state index < -0.39 is 17.6 Å².